The molecule has 6 heteroatoms. The summed E-state index contributed by atoms with van der Waals surface area (Å²) in [6.45, 7) is 0.303. The number of hydrogen-bond acceptors (Lipinski definition) is 3. The first-order chi connectivity index (χ1) is 9.74. The molecule has 1 saturated carbocycles. The highest BCUT2D eigenvalue weighted by molar-refractivity contribution is 5.83. The van der Waals surface area contributed by atoms with Gasteiger partial charge in [-0.25, -0.2) is 4.79 Å². The van der Waals surface area contributed by atoms with Crippen molar-refractivity contribution in [1.29, 1.82) is 0 Å². The summed E-state index contributed by atoms with van der Waals surface area (Å²) in [5.74, 6) is 0.449. The van der Waals surface area contributed by atoms with Crippen molar-refractivity contribution in [2.75, 3.05) is 6.54 Å². The van der Waals surface area contributed by atoms with Crippen molar-refractivity contribution in [2.45, 2.75) is 44.7 Å². The minimum absolute atomic E-state index is 0.0285. The average Bonchev–Trinajstić information content (AvgIpc) is 2.97. The Morgan fingerprint density at radius 2 is 2.00 bits per heavy atom. The number of furan rings is 1. The van der Waals surface area contributed by atoms with E-state index in [4.69, 9.17) is 4.42 Å². The van der Waals surface area contributed by atoms with Crippen molar-refractivity contribution in [1.82, 2.24) is 16.0 Å². The smallest absolute Gasteiger partial charge is 0.315 e. The first-order valence-electron chi connectivity index (χ1n) is 7.07. The second-order valence-corrected chi connectivity index (χ2v) is 5.02. The van der Waals surface area contributed by atoms with E-state index in [1.807, 2.05) is 0 Å². The van der Waals surface area contributed by atoms with E-state index in [1.54, 1.807) is 18.4 Å². The first-order valence-corrected chi connectivity index (χ1v) is 7.07. The Morgan fingerprint density at radius 1 is 1.20 bits per heavy atom. The zero-order valence-electron chi connectivity index (χ0n) is 11.5. The predicted octanol–water partition coefficient (Wildman–Crippen LogP) is 1.53. The van der Waals surface area contributed by atoms with Crippen LogP contribution >= 0.6 is 0 Å². The van der Waals surface area contributed by atoms with Gasteiger partial charge in [0, 0.05) is 6.04 Å². The number of rotatable bonds is 5. The lowest BCUT2D eigenvalue weighted by Gasteiger charge is -2.22. The van der Waals surface area contributed by atoms with Crippen LogP contribution in [0.15, 0.2) is 22.8 Å². The van der Waals surface area contributed by atoms with E-state index >= 15 is 0 Å². The van der Waals surface area contributed by atoms with Crippen LogP contribution < -0.4 is 16.0 Å². The van der Waals surface area contributed by atoms with Crippen molar-refractivity contribution < 1.29 is 14.0 Å². The fourth-order valence-electron chi connectivity index (χ4n) is 2.31. The van der Waals surface area contributed by atoms with E-state index in [9.17, 15) is 9.59 Å². The molecule has 110 valence electrons. The van der Waals surface area contributed by atoms with Crippen LogP contribution in [0.1, 0.15) is 37.9 Å². The Kier molecular flexibility index (Phi) is 5.46. The quantitative estimate of drug-likeness (QED) is 0.764. The van der Waals surface area contributed by atoms with Gasteiger partial charge in [-0.2, -0.15) is 0 Å². The van der Waals surface area contributed by atoms with Crippen LogP contribution in [0.5, 0.6) is 0 Å². The SMILES string of the molecule is O=C(CNC(=O)NC1CCCCC1)NCc1ccco1. The van der Waals surface area contributed by atoms with Gasteiger partial charge in [0.15, 0.2) is 0 Å². The number of amides is 3. The molecule has 0 aromatic carbocycles. The average molecular weight is 279 g/mol. The van der Waals surface area contributed by atoms with Crippen molar-refractivity contribution in [2.24, 2.45) is 0 Å². The number of carbonyl (C=O) groups excluding carboxylic acids is 2. The molecule has 1 aliphatic rings. The second kappa shape index (κ2) is 7.57. The number of hydrogen-bond donors (Lipinski definition) is 3. The Bertz CT molecular complexity index is 425. The van der Waals surface area contributed by atoms with E-state index in [0.29, 0.717) is 12.3 Å². The third-order valence-electron chi connectivity index (χ3n) is 3.39. The van der Waals surface area contributed by atoms with Crippen molar-refractivity contribution in [3.05, 3.63) is 24.2 Å². The fourth-order valence-corrected chi connectivity index (χ4v) is 2.31. The molecule has 0 bridgehead atoms. The molecular formula is C14H21N3O3. The standard InChI is InChI=1S/C14H21N3O3/c18-13(15-9-12-7-4-8-20-12)10-16-14(19)17-11-5-2-1-3-6-11/h4,7-8,11H,1-3,5-6,9-10H2,(H,15,18)(H2,16,17,19). The van der Waals surface area contributed by atoms with E-state index < -0.39 is 0 Å². The lowest BCUT2D eigenvalue weighted by atomic mass is 9.96. The Labute approximate surface area is 118 Å². The Hall–Kier alpha value is -1.98. The van der Waals surface area contributed by atoms with Gasteiger partial charge in [0.05, 0.1) is 19.4 Å². The maximum atomic E-state index is 11.6. The van der Waals surface area contributed by atoms with Crippen molar-refractivity contribution >= 4 is 11.9 Å². The highest BCUT2D eigenvalue weighted by Crippen LogP contribution is 2.16. The van der Waals surface area contributed by atoms with Gasteiger partial charge in [0.25, 0.3) is 0 Å². The first kappa shape index (κ1) is 14.4. The van der Waals surface area contributed by atoms with Crippen LogP contribution in [-0.4, -0.2) is 24.5 Å². The number of carbonyl (C=O) groups is 2. The van der Waals surface area contributed by atoms with Crippen LogP contribution in [0.25, 0.3) is 0 Å². The molecule has 0 saturated heterocycles. The summed E-state index contributed by atoms with van der Waals surface area (Å²) in [5.41, 5.74) is 0. The number of nitrogens with one attached hydrogen (secondary N) is 3. The molecule has 0 unspecified atom stereocenters. The molecule has 0 aliphatic heterocycles. The minimum Gasteiger partial charge on any atom is -0.467 e. The minimum atomic E-state index is -0.273. The summed E-state index contributed by atoms with van der Waals surface area (Å²) in [4.78, 5) is 23.2. The molecule has 3 N–H and O–H groups in total. The molecule has 1 aromatic rings. The number of urea groups is 1. The topological polar surface area (TPSA) is 83.4 Å². The summed E-state index contributed by atoms with van der Waals surface area (Å²) in [7, 11) is 0. The normalized spacial score (nSPS) is 15.6. The van der Waals surface area contributed by atoms with Crippen LogP contribution in [0, 0.1) is 0 Å². The molecule has 0 spiro atoms. The molecule has 1 fully saturated rings. The van der Waals surface area contributed by atoms with Crippen LogP contribution in [0.3, 0.4) is 0 Å². The van der Waals surface area contributed by atoms with Gasteiger partial charge in [-0.15, -0.1) is 0 Å². The maximum Gasteiger partial charge on any atom is 0.315 e. The van der Waals surface area contributed by atoms with E-state index in [2.05, 4.69) is 16.0 Å². The monoisotopic (exact) mass is 279 g/mol. The van der Waals surface area contributed by atoms with Crippen LogP contribution in [0.4, 0.5) is 4.79 Å². The second-order valence-electron chi connectivity index (χ2n) is 5.02. The molecule has 0 atom stereocenters. The lowest BCUT2D eigenvalue weighted by molar-refractivity contribution is -0.120. The van der Waals surface area contributed by atoms with E-state index in [-0.39, 0.29) is 24.5 Å². The van der Waals surface area contributed by atoms with Gasteiger partial charge >= 0.3 is 6.03 Å². The maximum absolute atomic E-state index is 11.6. The molecule has 1 aromatic heterocycles. The van der Waals surface area contributed by atoms with Gasteiger partial charge in [0.1, 0.15) is 5.76 Å². The molecule has 1 aliphatic carbocycles. The third-order valence-corrected chi connectivity index (χ3v) is 3.39. The van der Waals surface area contributed by atoms with E-state index in [0.717, 1.165) is 25.7 Å². The Morgan fingerprint density at radius 3 is 2.70 bits per heavy atom. The molecule has 0 radical (unpaired) electrons. The van der Waals surface area contributed by atoms with Crippen molar-refractivity contribution in [3.63, 3.8) is 0 Å². The zero-order valence-corrected chi connectivity index (χ0v) is 11.5. The van der Waals surface area contributed by atoms with Gasteiger partial charge in [-0.3, -0.25) is 4.79 Å². The highest BCUT2D eigenvalue weighted by Gasteiger charge is 2.15. The summed E-state index contributed by atoms with van der Waals surface area (Å²) >= 11 is 0. The van der Waals surface area contributed by atoms with Gasteiger partial charge < -0.3 is 20.4 Å². The van der Waals surface area contributed by atoms with Crippen LogP contribution in [-0.2, 0) is 11.3 Å². The molecule has 3 amide bonds. The molecule has 6 nitrogen and oxygen atoms in total. The van der Waals surface area contributed by atoms with Gasteiger partial charge in [-0.1, -0.05) is 19.3 Å². The third kappa shape index (κ3) is 4.95. The molecule has 2 rings (SSSR count). The van der Waals surface area contributed by atoms with Crippen molar-refractivity contribution in [3.8, 4) is 0 Å². The molecular weight excluding hydrogens is 258 g/mol. The summed E-state index contributed by atoms with van der Waals surface area (Å²) in [5, 5.41) is 8.13. The zero-order chi connectivity index (χ0) is 14.2. The largest absolute Gasteiger partial charge is 0.467 e. The van der Waals surface area contributed by atoms with Gasteiger partial charge in [-0.05, 0) is 25.0 Å². The Balaban J connectivity index is 1.58. The summed E-state index contributed by atoms with van der Waals surface area (Å²) in [6, 6.07) is 3.51. The molecule has 20 heavy (non-hydrogen) atoms. The summed E-state index contributed by atoms with van der Waals surface area (Å²) in [6.07, 6.45) is 7.17. The van der Waals surface area contributed by atoms with Crippen LogP contribution in [0.2, 0.25) is 0 Å². The van der Waals surface area contributed by atoms with E-state index in [1.165, 1.54) is 6.42 Å². The predicted molar refractivity (Wildman–Crippen MR) is 74.0 cm³/mol. The fraction of sp³-hybridized carbons (Fsp3) is 0.571. The highest BCUT2D eigenvalue weighted by atomic mass is 16.3. The summed E-state index contributed by atoms with van der Waals surface area (Å²) < 4.78 is 5.10. The van der Waals surface area contributed by atoms with Gasteiger partial charge in [0.2, 0.25) is 5.91 Å². The lowest BCUT2D eigenvalue weighted by Crippen LogP contribution is -2.46. The molecule has 1 heterocycles.